The maximum atomic E-state index is 6.77. The normalized spacial score (nSPS) is 14.3. The average molecular weight is 936 g/mol. The fourth-order valence-corrected chi connectivity index (χ4v) is 14.4. The van der Waals surface area contributed by atoms with Crippen LogP contribution >= 0.6 is 11.3 Å². The van der Waals surface area contributed by atoms with Crippen LogP contribution in [0.2, 0.25) is 0 Å². The standard InChI is InChI=1S/C68H41NO2S/c1-4-20-49-47(18-1)65-55(67(49)51-22-6-10-30-59(51)70-60-31-11-7-23-52(60)67)26-15-28-57(65)69(44-38-35-42(36-39-44)43-37-40-46-45-17-3-14-34-63(45)72-64(46)41-43)58-29-16-27-56-66(58)48-19-2-5-21-50(48)68(56)53-24-8-12-32-61(53)71-62-33-13-9-25-54(62)68/h1-41H. The topological polar surface area (TPSA) is 21.7 Å². The number of benzene rings is 11. The first-order valence-corrected chi connectivity index (χ1v) is 25.6. The fraction of sp³-hybridized carbons (Fsp3) is 0.0294. The molecule has 3 heterocycles. The predicted molar refractivity (Wildman–Crippen MR) is 294 cm³/mol. The van der Waals surface area contributed by atoms with Crippen molar-refractivity contribution in [2.75, 3.05) is 4.90 Å². The van der Waals surface area contributed by atoms with E-state index in [1.807, 2.05) is 11.3 Å². The first-order chi connectivity index (χ1) is 35.7. The molecule has 0 saturated heterocycles. The smallest absolute Gasteiger partial charge is 0.132 e. The van der Waals surface area contributed by atoms with E-state index < -0.39 is 10.8 Å². The Morgan fingerprint density at radius 1 is 0.306 bits per heavy atom. The van der Waals surface area contributed by atoms with Crippen molar-refractivity contribution < 1.29 is 9.47 Å². The molecule has 0 amide bonds. The average Bonchev–Trinajstić information content (AvgIpc) is 4.08. The number of hydrogen-bond acceptors (Lipinski definition) is 4. The van der Waals surface area contributed by atoms with E-state index in [1.54, 1.807) is 0 Å². The van der Waals surface area contributed by atoms with Gasteiger partial charge in [-0.1, -0.05) is 188 Å². The van der Waals surface area contributed by atoms with Crippen LogP contribution in [0, 0.1) is 0 Å². The molecule has 16 rings (SSSR count). The predicted octanol–water partition coefficient (Wildman–Crippen LogP) is 18.1. The number of fused-ring (bicyclic) bond motifs is 21. The summed E-state index contributed by atoms with van der Waals surface area (Å²) in [5, 5.41) is 2.62. The summed E-state index contributed by atoms with van der Waals surface area (Å²) in [5.74, 6) is 3.52. The third kappa shape index (κ3) is 5.13. The molecule has 2 spiro atoms. The molecule has 0 saturated carbocycles. The van der Waals surface area contributed by atoms with Crippen molar-refractivity contribution in [1.29, 1.82) is 0 Å². The molecule has 12 aromatic rings. The number of thiophene rings is 1. The Morgan fingerprint density at radius 3 is 1.22 bits per heavy atom. The van der Waals surface area contributed by atoms with Gasteiger partial charge in [-0.05, 0) is 105 Å². The molecule has 1 aromatic heterocycles. The molecule has 4 aliphatic rings. The van der Waals surface area contributed by atoms with Crippen LogP contribution in [0.1, 0.15) is 44.5 Å². The number of nitrogens with zero attached hydrogens (tertiary/aromatic N) is 1. The van der Waals surface area contributed by atoms with E-state index in [-0.39, 0.29) is 0 Å². The second-order valence-corrected chi connectivity index (χ2v) is 20.5. The number of anilines is 3. The van der Waals surface area contributed by atoms with Crippen LogP contribution in [0.4, 0.5) is 17.1 Å². The molecule has 0 bridgehead atoms. The minimum absolute atomic E-state index is 0.626. The lowest BCUT2D eigenvalue weighted by Gasteiger charge is -2.40. The monoisotopic (exact) mass is 935 g/mol. The van der Waals surface area contributed by atoms with Gasteiger partial charge in [-0.15, -0.1) is 11.3 Å². The van der Waals surface area contributed by atoms with Crippen LogP contribution in [0.25, 0.3) is 53.6 Å². The van der Waals surface area contributed by atoms with E-state index in [9.17, 15) is 0 Å². The Morgan fingerprint density at radius 2 is 0.708 bits per heavy atom. The molecule has 0 atom stereocenters. The molecule has 72 heavy (non-hydrogen) atoms. The first-order valence-electron chi connectivity index (χ1n) is 24.7. The molecule has 3 nitrogen and oxygen atoms in total. The molecule has 0 N–H and O–H groups in total. The lowest BCUT2D eigenvalue weighted by molar-refractivity contribution is 0.436. The Kier molecular flexibility index (Phi) is 8.18. The van der Waals surface area contributed by atoms with Crippen LogP contribution in [0.3, 0.4) is 0 Å². The molecule has 0 radical (unpaired) electrons. The lowest BCUT2D eigenvalue weighted by Crippen LogP contribution is -2.32. The SMILES string of the molecule is c1ccc2c(c1)Oc1ccccc1C21c2ccccc2-c2c(N(c3ccc(-c4ccc5c(c4)sc4ccccc45)cc3)c3cccc4c3-c3ccccc3C43c4ccccc4Oc4ccccc43)cccc21. The molecule has 336 valence electrons. The highest BCUT2D eigenvalue weighted by molar-refractivity contribution is 7.25. The minimum atomic E-state index is -0.626. The Bertz CT molecular complexity index is 3970. The van der Waals surface area contributed by atoms with Crippen molar-refractivity contribution in [2.45, 2.75) is 10.8 Å². The van der Waals surface area contributed by atoms with Gasteiger partial charge in [-0.25, -0.2) is 0 Å². The Hall–Kier alpha value is -8.96. The van der Waals surface area contributed by atoms with Crippen molar-refractivity contribution in [3.63, 3.8) is 0 Å². The van der Waals surface area contributed by atoms with Crippen molar-refractivity contribution in [1.82, 2.24) is 0 Å². The van der Waals surface area contributed by atoms with Crippen LogP contribution in [0.15, 0.2) is 249 Å². The van der Waals surface area contributed by atoms with Crippen molar-refractivity contribution in [3.8, 4) is 56.4 Å². The highest BCUT2D eigenvalue weighted by atomic mass is 32.1. The van der Waals surface area contributed by atoms with E-state index in [0.29, 0.717) is 0 Å². The zero-order chi connectivity index (χ0) is 47.1. The minimum Gasteiger partial charge on any atom is -0.457 e. The van der Waals surface area contributed by atoms with E-state index in [1.165, 1.54) is 75.8 Å². The van der Waals surface area contributed by atoms with Crippen molar-refractivity contribution in [2.24, 2.45) is 0 Å². The third-order valence-corrected chi connectivity index (χ3v) is 17.2. The van der Waals surface area contributed by atoms with Gasteiger partial charge in [0, 0.05) is 59.2 Å². The zero-order valence-electron chi connectivity index (χ0n) is 38.8. The highest BCUT2D eigenvalue weighted by Gasteiger charge is 2.54. The first kappa shape index (κ1) is 39.8. The number of hydrogen-bond donors (Lipinski definition) is 0. The van der Waals surface area contributed by atoms with Gasteiger partial charge in [-0.3, -0.25) is 0 Å². The van der Waals surface area contributed by atoms with E-state index in [2.05, 4.69) is 254 Å². The molecule has 2 aliphatic carbocycles. The fourth-order valence-electron chi connectivity index (χ4n) is 13.3. The summed E-state index contributed by atoms with van der Waals surface area (Å²) in [6.45, 7) is 0. The maximum absolute atomic E-state index is 6.77. The molecule has 11 aromatic carbocycles. The van der Waals surface area contributed by atoms with Gasteiger partial charge < -0.3 is 14.4 Å². The van der Waals surface area contributed by atoms with Gasteiger partial charge in [-0.2, -0.15) is 0 Å². The third-order valence-electron chi connectivity index (χ3n) is 16.0. The van der Waals surface area contributed by atoms with Crippen LogP contribution in [-0.2, 0) is 10.8 Å². The van der Waals surface area contributed by atoms with Gasteiger partial charge in [0.2, 0.25) is 0 Å². The van der Waals surface area contributed by atoms with Crippen LogP contribution < -0.4 is 14.4 Å². The summed E-state index contributed by atoms with van der Waals surface area (Å²) in [7, 11) is 0. The van der Waals surface area contributed by atoms with E-state index >= 15 is 0 Å². The Balaban J connectivity index is 0.980. The summed E-state index contributed by atoms with van der Waals surface area (Å²) < 4.78 is 16.1. The lowest BCUT2D eigenvalue weighted by atomic mass is 9.66. The maximum Gasteiger partial charge on any atom is 0.132 e. The van der Waals surface area contributed by atoms with Crippen LogP contribution in [-0.4, -0.2) is 0 Å². The quantitative estimate of drug-likeness (QED) is 0.176. The van der Waals surface area contributed by atoms with Crippen LogP contribution in [0.5, 0.6) is 23.0 Å². The second-order valence-electron chi connectivity index (χ2n) is 19.4. The number of ether oxygens (including phenoxy) is 2. The van der Waals surface area contributed by atoms with Crippen molar-refractivity contribution >= 4 is 48.6 Å². The summed E-state index contributed by atoms with van der Waals surface area (Å²) in [4.78, 5) is 2.55. The molecule has 2 aliphatic heterocycles. The van der Waals surface area contributed by atoms with E-state index in [0.717, 1.165) is 62.3 Å². The van der Waals surface area contributed by atoms with Gasteiger partial charge >= 0.3 is 0 Å². The van der Waals surface area contributed by atoms with E-state index in [4.69, 9.17) is 9.47 Å². The van der Waals surface area contributed by atoms with Gasteiger partial charge in [0.1, 0.15) is 23.0 Å². The second kappa shape index (κ2) is 14.8. The molecular weight excluding hydrogens is 895 g/mol. The number of para-hydroxylation sites is 4. The molecule has 4 heteroatoms. The van der Waals surface area contributed by atoms with Gasteiger partial charge in [0.15, 0.2) is 0 Å². The molecule has 0 unspecified atom stereocenters. The molecule has 0 fully saturated rings. The highest BCUT2D eigenvalue weighted by Crippen LogP contribution is 2.67. The zero-order valence-corrected chi connectivity index (χ0v) is 39.7. The van der Waals surface area contributed by atoms with Crippen molar-refractivity contribution in [3.05, 3.63) is 293 Å². The van der Waals surface area contributed by atoms with Gasteiger partial charge in [0.25, 0.3) is 0 Å². The summed E-state index contributed by atoms with van der Waals surface area (Å²) >= 11 is 1.86. The summed E-state index contributed by atoms with van der Waals surface area (Å²) in [6, 6.07) is 91.5. The number of rotatable bonds is 4. The summed E-state index contributed by atoms with van der Waals surface area (Å²) in [6.07, 6.45) is 0. The molecular formula is C68H41NO2S. The summed E-state index contributed by atoms with van der Waals surface area (Å²) in [5.41, 5.74) is 18.8. The Labute approximate surface area is 421 Å². The largest absolute Gasteiger partial charge is 0.457 e. The van der Waals surface area contributed by atoms with Gasteiger partial charge in [0.05, 0.1) is 22.2 Å².